The predicted molar refractivity (Wildman–Crippen MR) is 100 cm³/mol. The monoisotopic (exact) mass is 366 g/mol. The molecule has 6 heteroatoms. The molecule has 1 aliphatic rings. The molecule has 0 saturated carbocycles. The first-order chi connectivity index (χ1) is 13.3. The predicted octanol–water partition coefficient (Wildman–Crippen LogP) is 4.59. The van der Waals surface area contributed by atoms with Crippen molar-refractivity contribution in [1.29, 1.82) is 0 Å². The molecule has 2 aromatic heterocycles. The lowest BCUT2D eigenvalue weighted by Crippen LogP contribution is -2.30. The van der Waals surface area contributed by atoms with Crippen molar-refractivity contribution in [1.82, 2.24) is 9.97 Å². The molecule has 0 N–H and O–H groups in total. The maximum atomic E-state index is 5.97. The fourth-order valence-electron chi connectivity index (χ4n) is 2.92. The highest BCUT2D eigenvalue weighted by Gasteiger charge is 2.17. The zero-order chi connectivity index (χ0) is 18.5. The van der Waals surface area contributed by atoms with Gasteiger partial charge in [-0.15, -0.1) is 0 Å². The Hall–Kier alpha value is -2.70. The van der Waals surface area contributed by atoms with Gasteiger partial charge in [-0.05, 0) is 62.6 Å². The number of nitrogens with zero attached hydrogens (tertiary/aromatic N) is 2. The Morgan fingerprint density at radius 3 is 2.48 bits per heavy atom. The van der Waals surface area contributed by atoms with Crippen LogP contribution >= 0.6 is 0 Å². The summed E-state index contributed by atoms with van der Waals surface area (Å²) in [5.41, 5.74) is 2.75. The molecule has 1 aliphatic heterocycles. The van der Waals surface area contributed by atoms with Gasteiger partial charge in [0.25, 0.3) is 0 Å². The molecule has 6 nitrogen and oxygen atoms in total. The molecule has 0 atom stereocenters. The summed E-state index contributed by atoms with van der Waals surface area (Å²) in [5.74, 6) is 2.22. The summed E-state index contributed by atoms with van der Waals surface area (Å²) in [5, 5.41) is 0. The van der Waals surface area contributed by atoms with Gasteiger partial charge in [0.05, 0.1) is 12.3 Å². The molecule has 27 heavy (non-hydrogen) atoms. The smallest absolute Gasteiger partial charge is 0.227 e. The highest BCUT2D eigenvalue weighted by atomic mass is 16.8. The van der Waals surface area contributed by atoms with Crippen LogP contribution in [0.3, 0.4) is 0 Å². The number of hydrogen-bond acceptors (Lipinski definition) is 6. The minimum absolute atomic E-state index is 0.00790. The van der Waals surface area contributed by atoms with Gasteiger partial charge >= 0.3 is 0 Å². The van der Waals surface area contributed by atoms with Gasteiger partial charge < -0.3 is 18.6 Å². The van der Waals surface area contributed by atoms with Crippen molar-refractivity contribution in [3.05, 3.63) is 54.5 Å². The van der Waals surface area contributed by atoms with Crippen LogP contribution in [0.15, 0.2) is 53.2 Å². The number of rotatable bonds is 8. The van der Waals surface area contributed by atoms with E-state index in [4.69, 9.17) is 18.6 Å². The zero-order valence-corrected chi connectivity index (χ0v) is 15.3. The molecular formula is C21H22N2O4. The topological polar surface area (TPSA) is 66.6 Å². The molecule has 1 aromatic carbocycles. The minimum atomic E-state index is -0.00790. The number of aromatic nitrogens is 2. The van der Waals surface area contributed by atoms with Crippen LogP contribution in [0, 0.1) is 6.92 Å². The van der Waals surface area contributed by atoms with Gasteiger partial charge in [0.2, 0.25) is 5.89 Å². The van der Waals surface area contributed by atoms with E-state index in [9.17, 15) is 0 Å². The van der Waals surface area contributed by atoms with Crippen LogP contribution in [0.1, 0.15) is 25.0 Å². The number of aryl methyl sites for hydroxylation is 1. The van der Waals surface area contributed by atoms with Crippen molar-refractivity contribution in [2.75, 3.05) is 13.4 Å². The lowest BCUT2D eigenvalue weighted by Gasteiger charge is -2.26. The summed E-state index contributed by atoms with van der Waals surface area (Å²) in [6.45, 7) is 3.06. The maximum absolute atomic E-state index is 5.97. The minimum Gasteiger partial charge on any atom is -0.494 e. The molecule has 1 fully saturated rings. The quantitative estimate of drug-likeness (QED) is 0.543. The van der Waals surface area contributed by atoms with Crippen LogP contribution in [-0.4, -0.2) is 29.7 Å². The van der Waals surface area contributed by atoms with E-state index in [0.717, 1.165) is 47.6 Å². The van der Waals surface area contributed by atoms with E-state index in [0.29, 0.717) is 19.3 Å². The van der Waals surface area contributed by atoms with Gasteiger partial charge in [-0.25, -0.2) is 4.98 Å². The van der Waals surface area contributed by atoms with E-state index in [1.165, 1.54) is 0 Å². The second-order valence-electron chi connectivity index (χ2n) is 6.42. The van der Waals surface area contributed by atoms with Crippen molar-refractivity contribution in [3.63, 3.8) is 0 Å². The molecule has 0 aliphatic carbocycles. The Morgan fingerprint density at radius 1 is 1.00 bits per heavy atom. The fraction of sp³-hybridized carbons (Fsp3) is 0.333. The molecule has 3 aromatic rings. The summed E-state index contributed by atoms with van der Waals surface area (Å²) >= 11 is 0. The number of ether oxygens (including phenoxy) is 3. The van der Waals surface area contributed by atoms with Gasteiger partial charge in [0, 0.05) is 23.5 Å². The van der Waals surface area contributed by atoms with E-state index in [1.54, 1.807) is 12.4 Å². The average molecular weight is 366 g/mol. The SMILES string of the molecule is Cc1nc(-c2ccncc2)oc1-c1ccc(OCCCCC2OCO2)cc1. The van der Waals surface area contributed by atoms with Crippen LogP contribution in [0.5, 0.6) is 5.75 Å². The molecule has 0 bridgehead atoms. The van der Waals surface area contributed by atoms with E-state index in [2.05, 4.69) is 9.97 Å². The van der Waals surface area contributed by atoms with Crippen molar-refractivity contribution in [2.24, 2.45) is 0 Å². The summed E-state index contributed by atoms with van der Waals surface area (Å²) in [7, 11) is 0. The molecule has 3 heterocycles. The molecule has 0 spiro atoms. The second kappa shape index (κ2) is 8.33. The van der Waals surface area contributed by atoms with Crippen LogP contribution in [-0.2, 0) is 9.47 Å². The Kier molecular flexibility index (Phi) is 5.46. The summed E-state index contributed by atoms with van der Waals surface area (Å²) < 4.78 is 22.2. The van der Waals surface area contributed by atoms with Crippen LogP contribution in [0.2, 0.25) is 0 Å². The first-order valence-corrected chi connectivity index (χ1v) is 9.14. The van der Waals surface area contributed by atoms with Gasteiger partial charge in [0.15, 0.2) is 18.8 Å². The Labute approximate surface area is 158 Å². The van der Waals surface area contributed by atoms with Crippen molar-refractivity contribution < 1.29 is 18.6 Å². The van der Waals surface area contributed by atoms with Gasteiger partial charge in [0.1, 0.15) is 5.75 Å². The van der Waals surface area contributed by atoms with Crippen LogP contribution in [0.25, 0.3) is 22.8 Å². The molecule has 0 unspecified atom stereocenters. The van der Waals surface area contributed by atoms with E-state index < -0.39 is 0 Å². The fourth-order valence-corrected chi connectivity index (χ4v) is 2.92. The van der Waals surface area contributed by atoms with Crippen molar-refractivity contribution >= 4 is 0 Å². The summed E-state index contributed by atoms with van der Waals surface area (Å²) in [6.07, 6.45) is 6.37. The van der Waals surface area contributed by atoms with Crippen LogP contribution in [0.4, 0.5) is 0 Å². The van der Waals surface area contributed by atoms with Gasteiger partial charge in [-0.3, -0.25) is 4.98 Å². The number of unbranched alkanes of at least 4 members (excludes halogenated alkanes) is 1. The first kappa shape index (κ1) is 17.7. The largest absolute Gasteiger partial charge is 0.494 e. The molecule has 0 radical (unpaired) electrons. The lowest BCUT2D eigenvalue weighted by molar-refractivity contribution is -0.322. The molecule has 0 amide bonds. The number of oxazole rings is 1. The zero-order valence-electron chi connectivity index (χ0n) is 15.3. The number of hydrogen-bond donors (Lipinski definition) is 0. The first-order valence-electron chi connectivity index (χ1n) is 9.14. The molecule has 4 rings (SSSR count). The van der Waals surface area contributed by atoms with E-state index in [-0.39, 0.29) is 6.29 Å². The van der Waals surface area contributed by atoms with Gasteiger partial charge in [-0.1, -0.05) is 0 Å². The Bertz CT molecular complexity index is 858. The van der Waals surface area contributed by atoms with Gasteiger partial charge in [-0.2, -0.15) is 0 Å². The second-order valence-corrected chi connectivity index (χ2v) is 6.42. The summed E-state index contributed by atoms with van der Waals surface area (Å²) in [4.78, 5) is 8.55. The highest BCUT2D eigenvalue weighted by molar-refractivity contribution is 5.64. The van der Waals surface area contributed by atoms with Crippen molar-refractivity contribution in [3.8, 4) is 28.5 Å². The third kappa shape index (κ3) is 4.35. The lowest BCUT2D eigenvalue weighted by atomic mass is 10.1. The van der Waals surface area contributed by atoms with Crippen LogP contribution < -0.4 is 4.74 Å². The third-order valence-corrected chi connectivity index (χ3v) is 4.45. The average Bonchev–Trinajstić information content (AvgIpc) is 3.06. The molecule has 1 saturated heterocycles. The normalized spacial score (nSPS) is 14.1. The summed E-state index contributed by atoms with van der Waals surface area (Å²) in [6, 6.07) is 11.7. The molecule has 140 valence electrons. The maximum Gasteiger partial charge on any atom is 0.227 e. The Balaban J connectivity index is 1.34. The third-order valence-electron chi connectivity index (χ3n) is 4.45. The van der Waals surface area contributed by atoms with Crippen molar-refractivity contribution in [2.45, 2.75) is 32.5 Å². The number of pyridine rings is 1. The molecular weight excluding hydrogens is 344 g/mol. The Morgan fingerprint density at radius 2 is 1.78 bits per heavy atom. The standard InChI is InChI=1S/C21H22N2O4/c1-15-20(27-21(23-15)17-9-11-22-12-10-17)16-5-7-18(8-6-16)24-13-3-2-4-19-25-14-26-19/h5-12,19H,2-4,13-14H2,1H3. The highest BCUT2D eigenvalue weighted by Crippen LogP contribution is 2.30. The van der Waals surface area contributed by atoms with E-state index >= 15 is 0 Å². The van der Waals surface area contributed by atoms with E-state index in [1.807, 2.05) is 43.3 Å². The number of benzene rings is 1.